The number of hydrogen-bond donors (Lipinski definition) is 1. The number of aromatic nitrogens is 1. The molecular weight excluding hydrogens is 384 g/mol. The lowest BCUT2D eigenvalue weighted by atomic mass is 9.92. The highest BCUT2D eigenvalue weighted by Gasteiger charge is 2.43. The number of carbonyl (C=O) groups is 1. The van der Waals surface area contributed by atoms with Gasteiger partial charge in [-0.05, 0) is 37.4 Å². The predicted molar refractivity (Wildman–Crippen MR) is 108 cm³/mol. The van der Waals surface area contributed by atoms with E-state index in [4.69, 9.17) is 26.1 Å². The number of thiazole rings is 1. The van der Waals surface area contributed by atoms with Crippen LogP contribution in [0.2, 0.25) is 5.02 Å². The Kier molecular flexibility index (Phi) is 5.04. The molecule has 0 bridgehead atoms. The molecule has 140 valence electrons. The van der Waals surface area contributed by atoms with Crippen LogP contribution >= 0.6 is 22.9 Å². The van der Waals surface area contributed by atoms with E-state index >= 15 is 0 Å². The summed E-state index contributed by atoms with van der Waals surface area (Å²) < 4.78 is 12.3. The maximum atomic E-state index is 12.5. The van der Waals surface area contributed by atoms with Gasteiger partial charge in [0.2, 0.25) is 5.60 Å². The second kappa shape index (κ2) is 7.46. The van der Waals surface area contributed by atoms with Gasteiger partial charge in [0.05, 0.1) is 27.9 Å². The lowest BCUT2D eigenvalue weighted by Gasteiger charge is -2.35. The highest BCUT2D eigenvalue weighted by molar-refractivity contribution is 7.22. The summed E-state index contributed by atoms with van der Waals surface area (Å²) in [6.07, 6.45) is 1.11. The summed E-state index contributed by atoms with van der Waals surface area (Å²) >= 11 is 7.82. The summed E-state index contributed by atoms with van der Waals surface area (Å²) in [4.78, 5) is 17.2. The van der Waals surface area contributed by atoms with E-state index in [2.05, 4.69) is 5.32 Å². The monoisotopic (exact) mass is 402 g/mol. The topological polar surface area (TPSA) is 60.5 Å². The van der Waals surface area contributed by atoms with Gasteiger partial charge in [-0.25, -0.2) is 9.78 Å². The molecule has 1 N–H and O–H groups in total. The Morgan fingerprint density at radius 2 is 1.96 bits per heavy atom. The molecule has 4 rings (SSSR count). The van der Waals surface area contributed by atoms with Crippen molar-refractivity contribution in [1.82, 2.24) is 10.3 Å². The first kappa shape index (κ1) is 18.2. The fourth-order valence-electron chi connectivity index (χ4n) is 3.34. The van der Waals surface area contributed by atoms with Crippen molar-refractivity contribution >= 4 is 39.1 Å². The van der Waals surface area contributed by atoms with Crippen LogP contribution < -0.4 is 10.1 Å². The molecule has 0 aliphatic carbocycles. The Bertz CT molecular complexity index is 982. The molecule has 2 aromatic carbocycles. The zero-order valence-corrected chi connectivity index (χ0v) is 16.4. The van der Waals surface area contributed by atoms with Gasteiger partial charge in [0, 0.05) is 12.8 Å². The van der Waals surface area contributed by atoms with Crippen molar-refractivity contribution in [1.29, 1.82) is 0 Å². The summed E-state index contributed by atoms with van der Waals surface area (Å²) in [6.45, 7) is 1.40. The quantitative estimate of drug-likeness (QED) is 0.659. The Morgan fingerprint density at radius 1 is 1.19 bits per heavy atom. The van der Waals surface area contributed by atoms with Crippen LogP contribution in [0.15, 0.2) is 42.5 Å². The van der Waals surface area contributed by atoms with Crippen LogP contribution in [0, 0.1) is 0 Å². The molecule has 0 atom stereocenters. The normalized spacial score (nSPS) is 16.2. The van der Waals surface area contributed by atoms with Crippen LogP contribution in [0.1, 0.15) is 12.8 Å². The van der Waals surface area contributed by atoms with Crippen LogP contribution in [0.25, 0.3) is 20.8 Å². The molecule has 5 nitrogen and oxygen atoms in total. The molecule has 0 spiro atoms. The molecule has 1 saturated heterocycles. The molecule has 1 aliphatic heterocycles. The highest BCUT2D eigenvalue weighted by atomic mass is 35.5. The van der Waals surface area contributed by atoms with E-state index in [1.54, 1.807) is 0 Å². The van der Waals surface area contributed by atoms with Gasteiger partial charge in [0.25, 0.3) is 0 Å². The maximum Gasteiger partial charge on any atom is 0.350 e. The lowest BCUT2D eigenvalue weighted by molar-refractivity contribution is -0.161. The highest BCUT2D eigenvalue weighted by Crippen LogP contribution is 2.40. The molecule has 0 radical (unpaired) electrons. The summed E-state index contributed by atoms with van der Waals surface area (Å²) in [6, 6.07) is 13.3. The van der Waals surface area contributed by atoms with Crippen molar-refractivity contribution < 1.29 is 14.3 Å². The van der Waals surface area contributed by atoms with Gasteiger partial charge in [0.1, 0.15) is 10.8 Å². The second-order valence-corrected chi connectivity index (χ2v) is 7.85. The van der Waals surface area contributed by atoms with Crippen molar-refractivity contribution in [3.8, 4) is 16.3 Å². The van der Waals surface area contributed by atoms with Crippen LogP contribution in [0.4, 0.5) is 0 Å². The summed E-state index contributed by atoms with van der Waals surface area (Å²) in [5.74, 6) is 0.283. The van der Waals surface area contributed by atoms with E-state index in [0.717, 1.165) is 20.8 Å². The molecule has 3 aromatic rings. The molecule has 7 heteroatoms. The molecule has 27 heavy (non-hydrogen) atoms. The number of nitrogens with zero attached hydrogens (tertiary/aromatic N) is 1. The van der Waals surface area contributed by atoms with E-state index in [1.165, 1.54) is 18.4 Å². The third-order valence-electron chi connectivity index (χ3n) is 4.76. The van der Waals surface area contributed by atoms with Gasteiger partial charge in [0.15, 0.2) is 0 Å². The summed E-state index contributed by atoms with van der Waals surface area (Å²) in [7, 11) is 1.40. The van der Waals surface area contributed by atoms with Crippen LogP contribution in [-0.4, -0.2) is 36.8 Å². The van der Waals surface area contributed by atoms with Crippen molar-refractivity contribution in [3.63, 3.8) is 0 Å². The van der Waals surface area contributed by atoms with Crippen molar-refractivity contribution in [2.24, 2.45) is 0 Å². The average Bonchev–Trinajstić information content (AvgIpc) is 3.14. The fourth-order valence-corrected chi connectivity index (χ4v) is 4.62. The number of nitrogens with one attached hydrogen (secondary N) is 1. The third kappa shape index (κ3) is 3.40. The Labute approximate surface area is 166 Å². The second-order valence-electron chi connectivity index (χ2n) is 6.44. The third-order valence-corrected chi connectivity index (χ3v) is 6.32. The number of fused-ring (bicyclic) bond motifs is 1. The Hall–Kier alpha value is -2.15. The average molecular weight is 403 g/mol. The number of methoxy groups -OCH3 is 1. The maximum absolute atomic E-state index is 12.5. The number of ether oxygens (including phenoxy) is 2. The van der Waals surface area contributed by atoms with E-state index in [0.29, 0.717) is 36.7 Å². The minimum Gasteiger partial charge on any atom is -0.475 e. The first-order chi connectivity index (χ1) is 13.1. The first-order valence-corrected chi connectivity index (χ1v) is 9.95. The molecular formula is C20H19ClN2O3S. The number of esters is 1. The first-order valence-electron chi connectivity index (χ1n) is 8.75. The SMILES string of the molecule is COC(=O)C1(Oc2ccccc2-c2nc3cccc(Cl)c3s2)CCNCC1. The van der Waals surface area contributed by atoms with Gasteiger partial charge in [-0.1, -0.05) is 29.8 Å². The van der Waals surface area contributed by atoms with Gasteiger partial charge in [-0.15, -0.1) is 11.3 Å². The zero-order valence-electron chi connectivity index (χ0n) is 14.8. The molecule has 0 unspecified atom stereocenters. The van der Waals surface area contributed by atoms with E-state index in [9.17, 15) is 4.79 Å². The Balaban J connectivity index is 1.76. The number of hydrogen-bond acceptors (Lipinski definition) is 6. The molecule has 0 amide bonds. The molecule has 2 heterocycles. The van der Waals surface area contributed by atoms with E-state index in [-0.39, 0.29) is 5.97 Å². The number of halogens is 1. The number of para-hydroxylation sites is 1. The van der Waals surface area contributed by atoms with Crippen LogP contribution in [0.5, 0.6) is 5.75 Å². The number of rotatable bonds is 4. The fraction of sp³-hybridized carbons (Fsp3) is 0.300. The molecule has 1 aromatic heterocycles. The van der Waals surface area contributed by atoms with Gasteiger partial charge in [-0.3, -0.25) is 0 Å². The summed E-state index contributed by atoms with van der Waals surface area (Å²) in [5, 5.41) is 4.75. The van der Waals surface area contributed by atoms with Gasteiger partial charge >= 0.3 is 5.97 Å². The van der Waals surface area contributed by atoms with Crippen molar-refractivity contribution in [2.45, 2.75) is 18.4 Å². The standard InChI is InChI=1S/C20H19ClN2O3S/c1-25-19(24)20(9-11-22-12-10-20)26-16-8-3-2-5-13(16)18-23-15-7-4-6-14(21)17(15)27-18/h2-8,22H,9-12H2,1H3. The van der Waals surface area contributed by atoms with Crippen molar-refractivity contribution in [3.05, 3.63) is 47.5 Å². The van der Waals surface area contributed by atoms with Crippen LogP contribution in [0.3, 0.4) is 0 Å². The Morgan fingerprint density at radius 3 is 2.70 bits per heavy atom. The number of benzene rings is 2. The summed E-state index contributed by atoms with van der Waals surface area (Å²) in [5.41, 5.74) is 0.711. The van der Waals surface area contributed by atoms with E-state index < -0.39 is 5.60 Å². The zero-order chi connectivity index (χ0) is 18.9. The lowest BCUT2D eigenvalue weighted by Crippen LogP contribution is -2.52. The largest absolute Gasteiger partial charge is 0.475 e. The minimum atomic E-state index is -0.982. The van der Waals surface area contributed by atoms with Crippen LogP contribution in [-0.2, 0) is 9.53 Å². The van der Waals surface area contributed by atoms with Gasteiger partial charge < -0.3 is 14.8 Å². The smallest absolute Gasteiger partial charge is 0.350 e. The molecule has 1 aliphatic rings. The molecule has 1 fully saturated rings. The molecule has 0 saturated carbocycles. The van der Waals surface area contributed by atoms with E-state index in [1.807, 2.05) is 42.5 Å². The predicted octanol–water partition coefficient (Wildman–Crippen LogP) is 4.29. The van der Waals surface area contributed by atoms with Crippen molar-refractivity contribution in [2.75, 3.05) is 20.2 Å². The minimum absolute atomic E-state index is 0.342. The number of carbonyl (C=O) groups excluding carboxylic acids is 1. The number of piperidine rings is 1. The van der Waals surface area contributed by atoms with Gasteiger partial charge in [-0.2, -0.15) is 0 Å².